The van der Waals surface area contributed by atoms with E-state index in [0.717, 1.165) is 31.5 Å². The van der Waals surface area contributed by atoms with Gasteiger partial charge in [-0.2, -0.15) is 11.8 Å². The topological polar surface area (TPSA) is 27.6 Å². The van der Waals surface area contributed by atoms with Gasteiger partial charge in [-0.25, -0.2) is 0 Å². The van der Waals surface area contributed by atoms with E-state index in [1.54, 1.807) is 0 Å². The predicted octanol–water partition coefficient (Wildman–Crippen LogP) is 1.02. The molecule has 0 saturated carbocycles. The van der Waals surface area contributed by atoms with E-state index in [1.807, 2.05) is 0 Å². The summed E-state index contributed by atoms with van der Waals surface area (Å²) in [5.74, 6) is 4.47. The molecule has 14 heavy (non-hydrogen) atoms. The summed E-state index contributed by atoms with van der Waals surface area (Å²) >= 11 is 2.07. The Morgan fingerprint density at radius 2 is 2.50 bits per heavy atom. The van der Waals surface area contributed by atoms with Crippen LogP contribution in [-0.2, 0) is 0 Å². The lowest BCUT2D eigenvalue weighted by Gasteiger charge is -2.28. The molecule has 0 aliphatic carbocycles. The highest BCUT2D eigenvalue weighted by Crippen LogP contribution is 2.15. The maximum Gasteiger partial charge on any atom is 0.193 e. The van der Waals surface area contributed by atoms with Crippen molar-refractivity contribution in [1.29, 1.82) is 0 Å². The third kappa shape index (κ3) is 2.56. The number of nitrogens with zero attached hydrogens (tertiary/aromatic N) is 2. The molecule has 0 aromatic carbocycles. The maximum absolute atomic E-state index is 4.55. The average molecular weight is 213 g/mol. The minimum absolute atomic E-state index is 0.786. The molecule has 0 radical (unpaired) electrons. The van der Waals surface area contributed by atoms with Crippen LogP contribution in [-0.4, -0.2) is 48.5 Å². The van der Waals surface area contributed by atoms with E-state index in [4.69, 9.17) is 0 Å². The van der Waals surface area contributed by atoms with Crippen LogP contribution >= 0.6 is 11.8 Å². The normalized spacial score (nSPS) is 29.1. The molecule has 1 atom stereocenters. The summed E-state index contributed by atoms with van der Waals surface area (Å²) in [6.07, 6.45) is 1.18. The molecule has 80 valence electrons. The highest BCUT2D eigenvalue weighted by Gasteiger charge is 2.18. The monoisotopic (exact) mass is 213 g/mol. The third-order valence-corrected chi connectivity index (χ3v) is 3.90. The predicted molar refractivity (Wildman–Crippen MR) is 63.0 cm³/mol. The number of hydrogen-bond donors (Lipinski definition) is 1. The van der Waals surface area contributed by atoms with Crippen molar-refractivity contribution in [2.45, 2.75) is 13.3 Å². The Hall–Kier alpha value is -0.380. The van der Waals surface area contributed by atoms with Crippen LogP contribution in [0.2, 0.25) is 0 Å². The summed E-state index contributed by atoms with van der Waals surface area (Å²) in [7, 11) is 0. The molecule has 0 aromatic rings. The second-order valence-corrected chi connectivity index (χ2v) is 5.26. The van der Waals surface area contributed by atoms with Crippen LogP contribution in [0.15, 0.2) is 4.99 Å². The van der Waals surface area contributed by atoms with Crippen molar-refractivity contribution in [2.24, 2.45) is 10.9 Å². The zero-order valence-corrected chi connectivity index (χ0v) is 9.65. The van der Waals surface area contributed by atoms with Gasteiger partial charge < -0.3 is 10.2 Å². The van der Waals surface area contributed by atoms with Gasteiger partial charge in [0.25, 0.3) is 0 Å². The molecule has 3 nitrogen and oxygen atoms in total. The molecule has 1 fully saturated rings. The highest BCUT2D eigenvalue weighted by molar-refractivity contribution is 7.99. The van der Waals surface area contributed by atoms with Crippen LogP contribution in [0.1, 0.15) is 13.3 Å². The van der Waals surface area contributed by atoms with E-state index in [0.29, 0.717) is 0 Å². The van der Waals surface area contributed by atoms with Gasteiger partial charge in [-0.15, -0.1) is 0 Å². The minimum atomic E-state index is 0.786. The Kier molecular flexibility index (Phi) is 3.56. The van der Waals surface area contributed by atoms with Crippen molar-refractivity contribution >= 4 is 17.7 Å². The first-order valence-corrected chi connectivity index (χ1v) is 6.63. The molecule has 2 aliphatic rings. The molecule has 2 aliphatic heterocycles. The number of thioether (sulfide) groups is 1. The number of hydrogen-bond acceptors (Lipinski definition) is 4. The van der Waals surface area contributed by atoms with Crippen molar-refractivity contribution in [2.75, 3.05) is 37.7 Å². The van der Waals surface area contributed by atoms with E-state index in [9.17, 15) is 0 Å². The summed E-state index contributed by atoms with van der Waals surface area (Å²) in [6.45, 7) is 6.74. The molecule has 0 spiro atoms. The largest absolute Gasteiger partial charge is 0.356 e. The van der Waals surface area contributed by atoms with Crippen LogP contribution in [0, 0.1) is 5.92 Å². The van der Waals surface area contributed by atoms with Gasteiger partial charge in [-0.1, -0.05) is 6.92 Å². The standard InChI is InChI=1S/C10H19N3S/c1-9-7-13(5-6-14-8-9)10-11-3-2-4-12-10/h9H,2-8H2,1H3,(H,11,12). The molecule has 2 heterocycles. The highest BCUT2D eigenvalue weighted by atomic mass is 32.2. The van der Waals surface area contributed by atoms with E-state index >= 15 is 0 Å². The molecular weight excluding hydrogens is 194 g/mol. The zero-order chi connectivity index (χ0) is 9.80. The molecular formula is C10H19N3S. The first-order valence-electron chi connectivity index (χ1n) is 5.47. The summed E-state index contributed by atoms with van der Waals surface area (Å²) in [6, 6.07) is 0. The maximum atomic E-state index is 4.55. The Bertz CT molecular complexity index is 217. The molecule has 4 heteroatoms. The van der Waals surface area contributed by atoms with Crippen LogP contribution in [0.3, 0.4) is 0 Å². The van der Waals surface area contributed by atoms with Gasteiger partial charge in [0.1, 0.15) is 0 Å². The quantitative estimate of drug-likeness (QED) is 0.651. The van der Waals surface area contributed by atoms with Crippen molar-refractivity contribution in [3.8, 4) is 0 Å². The number of guanidine groups is 1. The van der Waals surface area contributed by atoms with E-state index < -0.39 is 0 Å². The van der Waals surface area contributed by atoms with Crippen LogP contribution < -0.4 is 5.32 Å². The van der Waals surface area contributed by atoms with Crippen molar-refractivity contribution in [1.82, 2.24) is 10.2 Å². The Balaban J connectivity index is 1.97. The Morgan fingerprint density at radius 1 is 1.57 bits per heavy atom. The molecule has 1 saturated heterocycles. The van der Waals surface area contributed by atoms with Gasteiger partial charge in [0.05, 0.1) is 0 Å². The molecule has 0 aromatic heterocycles. The summed E-state index contributed by atoms with van der Waals surface area (Å²) in [5, 5.41) is 3.40. The molecule has 1 unspecified atom stereocenters. The minimum Gasteiger partial charge on any atom is -0.356 e. The number of nitrogens with one attached hydrogen (secondary N) is 1. The first kappa shape index (κ1) is 10.1. The fourth-order valence-corrected chi connectivity index (χ4v) is 2.93. The van der Waals surface area contributed by atoms with Gasteiger partial charge in [0.15, 0.2) is 5.96 Å². The molecule has 0 amide bonds. The lowest BCUT2D eigenvalue weighted by molar-refractivity contribution is 0.376. The smallest absolute Gasteiger partial charge is 0.193 e. The van der Waals surface area contributed by atoms with E-state index in [1.165, 1.54) is 24.5 Å². The van der Waals surface area contributed by atoms with Crippen LogP contribution in [0.4, 0.5) is 0 Å². The summed E-state index contributed by atoms with van der Waals surface area (Å²) in [5.41, 5.74) is 0. The molecule has 0 bridgehead atoms. The lowest BCUT2D eigenvalue weighted by atomic mass is 10.2. The first-order chi connectivity index (χ1) is 6.86. The molecule has 1 N–H and O–H groups in total. The summed E-state index contributed by atoms with van der Waals surface area (Å²) < 4.78 is 0. The fourth-order valence-electron chi connectivity index (χ4n) is 1.90. The number of rotatable bonds is 0. The second kappa shape index (κ2) is 4.91. The van der Waals surface area contributed by atoms with Gasteiger partial charge in [0, 0.05) is 31.9 Å². The van der Waals surface area contributed by atoms with E-state index in [-0.39, 0.29) is 0 Å². The van der Waals surface area contributed by atoms with Crippen LogP contribution in [0.5, 0.6) is 0 Å². The van der Waals surface area contributed by atoms with Crippen molar-refractivity contribution < 1.29 is 0 Å². The zero-order valence-electron chi connectivity index (χ0n) is 8.83. The average Bonchev–Trinajstić information content (AvgIpc) is 2.44. The fraction of sp³-hybridized carbons (Fsp3) is 0.900. The summed E-state index contributed by atoms with van der Waals surface area (Å²) in [4.78, 5) is 6.97. The lowest BCUT2D eigenvalue weighted by Crippen LogP contribution is -2.46. The second-order valence-electron chi connectivity index (χ2n) is 4.11. The van der Waals surface area contributed by atoms with Gasteiger partial charge >= 0.3 is 0 Å². The van der Waals surface area contributed by atoms with Gasteiger partial charge in [0.2, 0.25) is 0 Å². The van der Waals surface area contributed by atoms with Gasteiger partial charge in [-0.3, -0.25) is 4.99 Å². The van der Waals surface area contributed by atoms with Gasteiger partial charge in [-0.05, 0) is 18.1 Å². The Morgan fingerprint density at radius 3 is 3.29 bits per heavy atom. The van der Waals surface area contributed by atoms with Crippen LogP contribution in [0.25, 0.3) is 0 Å². The third-order valence-electron chi connectivity index (χ3n) is 2.62. The van der Waals surface area contributed by atoms with Crippen molar-refractivity contribution in [3.63, 3.8) is 0 Å². The Labute approximate surface area is 90.3 Å². The number of aliphatic imine (C=N–C) groups is 1. The SMILES string of the molecule is CC1CSCCN(C2=NCCCN2)C1. The van der Waals surface area contributed by atoms with Crippen molar-refractivity contribution in [3.05, 3.63) is 0 Å². The molecule has 2 rings (SSSR count). The van der Waals surface area contributed by atoms with E-state index in [2.05, 4.69) is 33.9 Å².